The van der Waals surface area contributed by atoms with Gasteiger partial charge in [0.2, 0.25) is 0 Å². The Balaban J connectivity index is 1.23. The van der Waals surface area contributed by atoms with Gasteiger partial charge in [0, 0.05) is 30.9 Å². The fourth-order valence-corrected chi connectivity index (χ4v) is 3.79. The van der Waals surface area contributed by atoms with E-state index in [1.54, 1.807) is 0 Å². The number of unbranched alkanes of at least 4 members (excludes halogenated alkanes) is 1. The Kier molecular flexibility index (Phi) is 7.23. The molecule has 2 aliphatic rings. The molecule has 0 radical (unpaired) electrons. The van der Waals surface area contributed by atoms with Crippen molar-refractivity contribution < 1.29 is 14.2 Å². The minimum atomic E-state index is -0.0477. The van der Waals surface area contributed by atoms with Gasteiger partial charge in [-0.2, -0.15) is 0 Å². The van der Waals surface area contributed by atoms with Crippen molar-refractivity contribution in [1.29, 1.82) is 0 Å². The van der Waals surface area contributed by atoms with E-state index < -0.39 is 0 Å². The monoisotopic (exact) mass is 404 g/mol. The predicted molar refractivity (Wildman–Crippen MR) is 117 cm³/mol. The van der Waals surface area contributed by atoms with Crippen LogP contribution in [0.5, 0.6) is 5.75 Å². The zero-order valence-corrected chi connectivity index (χ0v) is 19.2. The zero-order chi connectivity index (χ0) is 21.1. The molecule has 2 fully saturated rings. The quantitative estimate of drug-likeness (QED) is 0.562. The van der Waals surface area contributed by atoms with E-state index in [4.69, 9.17) is 14.2 Å². The Morgan fingerprint density at radius 2 is 1.69 bits per heavy atom. The van der Waals surface area contributed by atoms with Crippen LogP contribution in [0.4, 0.5) is 0 Å². The maximum absolute atomic E-state index is 6.02. The molecule has 5 nitrogen and oxygen atoms in total. The zero-order valence-electron chi connectivity index (χ0n) is 19.2. The Bertz CT molecular complexity index is 621. The third-order valence-electron chi connectivity index (χ3n) is 5.65. The highest BCUT2D eigenvalue weighted by molar-refractivity contribution is 5.20. The number of pyridine rings is 1. The van der Waals surface area contributed by atoms with E-state index in [0.29, 0.717) is 18.3 Å². The van der Waals surface area contributed by atoms with Crippen LogP contribution in [0, 0.1) is 0 Å². The summed E-state index contributed by atoms with van der Waals surface area (Å²) >= 11 is 0. The second-order valence-corrected chi connectivity index (χ2v) is 10.6. The average Bonchev–Trinajstić information content (AvgIpc) is 2.53. The number of likely N-dealkylation sites (tertiary alicyclic amines) is 1. The van der Waals surface area contributed by atoms with Crippen LogP contribution < -0.4 is 4.74 Å². The fourth-order valence-electron chi connectivity index (χ4n) is 3.79. The van der Waals surface area contributed by atoms with Gasteiger partial charge >= 0.3 is 0 Å². The molecule has 1 aliphatic carbocycles. The molecule has 0 atom stereocenters. The molecule has 0 aromatic carbocycles. The molecule has 29 heavy (non-hydrogen) atoms. The van der Waals surface area contributed by atoms with Gasteiger partial charge in [-0.1, -0.05) is 0 Å². The lowest BCUT2D eigenvalue weighted by molar-refractivity contribution is -0.148. The summed E-state index contributed by atoms with van der Waals surface area (Å²) in [6.45, 7) is 15.9. The van der Waals surface area contributed by atoms with E-state index >= 15 is 0 Å². The molecule has 5 heteroatoms. The van der Waals surface area contributed by atoms with E-state index in [0.717, 1.165) is 63.2 Å². The summed E-state index contributed by atoms with van der Waals surface area (Å²) in [6, 6.07) is 4.15. The Morgan fingerprint density at radius 3 is 2.28 bits per heavy atom. The van der Waals surface area contributed by atoms with Crippen molar-refractivity contribution in [2.75, 3.05) is 19.7 Å². The highest BCUT2D eigenvalue weighted by atomic mass is 16.5. The maximum atomic E-state index is 6.02. The largest absolute Gasteiger partial charge is 0.486 e. The van der Waals surface area contributed by atoms with E-state index in [1.165, 1.54) is 0 Å². The van der Waals surface area contributed by atoms with Crippen LogP contribution in [0.1, 0.15) is 72.9 Å². The molecule has 1 aromatic rings. The summed E-state index contributed by atoms with van der Waals surface area (Å²) in [6.07, 6.45) is 8.17. The van der Waals surface area contributed by atoms with Crippen molar-refractivity contribution in [3.63, 3.8) is 0 Å². The minimum absolute atomic E-state index is 0.0477. The molecule has 1 aromatic heterocycles. The summed E-state index contributed by atoms with van der Waals surface area (Å²) in [5.74, 6) is 0.882. The number of aryl methyl sites for hydroxylation is 1. The van der Waals surface area contributed by atoms with E-state index in [2.05, 4.69) is 63.6 Å². The molecule has 0 bridgehead atoms. The average molecular weight is 405 g/mol. The molecule has 2 heterocycles. The number of nitrogens with zero attached hydrogens (tertiary/aromatic N) is 2. The standard InChI is InChI=1S/C24H40N2O3/c1-23(2,3)26-16-22(17-26)28-19-11-10-18(25-15-19)9-7-8-12-27-20-13-21(14-20)29-24(4,5)6/h10-11,15,20-22H,7-9,12-14,16-17H2,1-6H3. The van der Waals surface area contributed by atoms with Crippen LogP contribution in [0.25, 0.3) is 0 Å². The van der Waals surface area contributed by atoms with Gasteiger partial charge in [0.05, 0.1) is 24.0 Å². The molecule has 0 unspecified atom stereocenters. The third kappa shape index (κ3) is 7.23. The summed E-state index contributed by atoms with van der Waals surface area (Å²) in [4.78, 5) is 7.00. The van der Waals surface area contributed by atoms with Crippen molar-refractivity contribution in [2.45, 2.75) is 103 Å². The first kappa shape index (κ1) is 22.5. The first-order chi connectivity index (χ1) is 13.6. The highest BCUT2D eigenvalue weighted by Crippen LogP contribution is 2.30. The first-order valence-electron chi connectivity index (χ1n) is 11.2. The predicted octanol–water partition coefficient (Wildman–Crippen LogP) is 4.63. The summed E-state index contributed by atoms with van der Waals surface area (Å²) in [7, 11) is 0. The van der Waals surface area contributed by atoms with E-state index in [9.17, 15) is 0 Å². The van der Waals surface area contributed by atoms with Crippen LogP contribution >= 0.6 is 0 Å². The number of hydrogen-bond acceptors (Lipinski definition) is 5. The van der Waals surface area contributed by atoms with Crippen LogP contribution in [-0.4, -0.2) is 59.0 Å². The van der Waals surface area contributed by atoms with Crippen molar-refractivity contribution in [1.82, 2.24) is 9.88 Å². The van der Waals surface area contributed by atoms with Gasteiger partial charge in [-0.25, -0.2) is 0 Å². The summed E-state index contributed by atoms with van der Waals surface area (Å²) < 4.78 is 17.9. The molecule has 3 rings (SSSR count). The molecular weight excluding hydrogens is 364 g/mol. The molecule has 1 saturated carbocycles. The molecule has 0 N–H and O–H groups in total. The fraction of sp³-hybridized carbons (Fsp3) is 0.792. The molecule has 1 aliphatic heterocycles. The normalized spacial score (nSPS) is 23.5. The first-order valence-corrected chi connectivity index (χ1v) is 11.2. The maximum Gasteiger partial charge on any atom is 0.138 e. The van der Waals surface area contributed by atoms with Gasteiger partial charge in [0.1, 0.15) is 11.9 Å². The molecule has 164 valence electrons. The summed E-state index contributed by atoms with van der Waals surface area (Å²) in [5, 5.41) is 0. The van der Waals surface area contributed by atoms with Crippen LogP contribution in [-0.2, 0) is 15.9 Å². The third-order valence-corrected chi connectivity index (χ3v) is 5.65. The smallest absolute Gasteiger partial charge is 0.138 e. The van der Waals surface area contributed by atoms with E-state index in [-0.39, 0.29) is 11.1 Å². The van der Waals surface area contributed by atoms with Crippen molar-refractivity contribution >= 4 is 0 Å². The lowest BCUT2D eigenvalue weighted by atomic mass is 9.91. The topological polar surface area (TPSA) is 43.8 Å². The van der Waals surface area contributed by atoms with Crippen LogP contribution in [0.15, 0.2) is 18.3 Å². The number of ether oxygens (including phenoxy) is 3. The van der Waals surface area contributed by atoms with Gasteiger partial charge < -0.3 is 14.2 Å². The molecule has 0 spiro atoms. The van der Waals surface area contributed by atoms with Crippen molar-refractivity contribution in [3.05, 3.63) is 24.0 Å². The number of rotatable bonds is 9. The second-order valence-electron chi connectivity index (χ2n) is 10.6. The SMILES string of the molecule is CC(C)(C)OC1CC(OCCCCc2ccc(OC3CN(C(C)(C)C)C3)cn2)C1. The van der Waals surface area contributed by atoms with Gasteiger partial charge in [0.15, 0.2) is 0 Å². The van der Waals surface area contributed by atoms with Crippen LogP contribution in [0.2, 0.25) is 0 Å². The van der Waals surface area contributed by atoms with Crippen LogP contribution in [0.3, 0.4) is 0 Å². The van der Waals surface area contributed by atoms with Gasteiger partial charge in [-0.05, 0) is 85.8 Å². The lowest BCUT2D eigenvalue weighted by Crippen LogP contribution is -2.60. The van der Waals surface area contributed by atoms with Gasteiger partial charge in [0.25, 0.3) is 0 Å². The van der Waals surface area contributed by atoms with Gasteiger partial charge in [-0.3, -0.25) is 9.88 Å². The van der Waals surface area contributed by atoms with Gasteiger partial charge in [-0.15, -0.1) is 0 Å². The van der Waals surface area contributed by atoms with Crippen molar-refractivity contribution in [2.24, 2.45) is 0 Å². The Morgan fingerprint density at radius 1 is 0.966 bits per heavy atom. The highest BCUT2D eigenvalue weighted by Gasteiger charge is 2.36. The summed E-state index contributed by atoms with van der Waals surface area (Å²) in [5.41, 5.74) is 1.31. The minimum Gasteiger partial charge on any atom is -0.486 e. The lowest BCUT2D eigenvalue weighted by Gasteiger charge is -2.47. The Hall–Kier alpha value is -1.17. The Labute approximate surface area is 177 Å². The number of aromatic nitrogens is 1. The second kappa shape index (κ2) is 9.32. The van der Waals surface area contributed by atoms with Crippen molar-refractivity contribution in [3.8, 4) is 5.75 Å². The molecular formula is C24H40N2O3. The van der Waals surface area contributed by atoms with E-state index in [1.807, 2.05) is 6.20 Å². The molecule has 0 amide bonds. The molecule has 1 saturated heterocycles. The number of hydrogen-bond donors (Lipinski definition) is 0.